The molecular formula is C19H16FN3O3. The molecule has 0 saturated carbocycles. The first-order valence-corrected chi connectivity index (χ1v) is 7.93. The molecule has 7 heteroatoms. The third-order valence-electron chi connectivity index (χ3n) is 3.59. The van der Waals surface area contributed by atoms with Crippen LogP contribution in [0.15, 0.2) is 53.2 Å². The van der Waals surface area contributed by atoms with Gasteiger partial charge in [0.05, 0.1) is 5.69 Å². The molecule has 6 nitrogen and oxygen atoms in total. The number of pyridine rings is 1. The predicted molar refractivity (Wildman–Crippen MR) is 92.2 cm³/mol. The second kappa shape index (κ2) is 7.69. The number of halogens is 1. The summed E-state index contributed by atoms with van der Waals surface area (Å²) >= 11 is 0. The van der Waals surface area contributed by atoms with Crippen LogP contribution >= 0.6 is 0 Å². The summed E-state index contributed by atoms with van der Waals surface area (Å²) in [5.41, 5.74) is 1.65. The van der Waals surface area contributed by atoms with Gasteiger partial charge < -0.3 is 9.26 Å². The number of esters is 1. The zero-order valence-corrected chi connectivity index (χ0v) is 14.2. The lowest BCUT2D eigenvalue weighted by Crippen LogP contribution is -2.06. The van der Waals surface area contributed by atoms with Crippen molar-refractivity contribution in [2.45, 2.75) is 20.0 Å². The molecule has 2 aromatic heterocycles. The largest absolute Gasteiger partial charge is 0.449 e. The van der Waals surface area contributed by atoms with E-state index in [2.05, 4.69) is 15.1 Å². The van der Waals surface area contributed by atoms with E-state index in [1.807, 2.05) is 6.07 Å². The molecule has 132 valence electrons. The monoisotopic (exact) mass is 353 g/mol. The molecule has 0 spiro atoms. The maximum Gasteiger partial charge on any atom is 0.331 e. The van der Waals surface area contributed by atoms with Crippen LogP contribution in [0.5, 0.6) is 0 Å². The maximum atomic E-state index is 13.7. The summed E-state index contributed by atoms with van der Waals surface area (Å²) in [6.07, 6.45) is 3.70. The minimum absolute atomic E-state index is 0.126. The van der Waals surface area contributed by atoms with Gasteiger partial charge in [0, 0.05) is 17.8 Å². The van der Waals surface area contributed by atoms with Gasteiger partial charge in [0.1, 0.15) is 5.82 Å². The molecule has 0 aliphatic carbocycles. The average Bonchev–Trinajstić information content (AvgIpc) is 3.13. The van der Waals surface area contributed by atoms with E-state index in [1.165, 1.54) is 12.1 Å². The van der Waals surface area contributed by atoms with Crippen molar-refractivity contribution in [2.24, 2.45) is 0 Å². The van der Waals surface area contributed by atoms with Crippen LogP contribution in [0.25, 0.3) is 17.5 Å². The summed E-state index contributed by atoms with van der Waals surface area (Å²) in [5.74, 6) is -0.566. The van der Waals surface area contributed by atoms with Gasteiger partial charge in [-0.15, -0.1) is 0 Å². The van der Waals surface area contributed by atoms with Crippen LogP contribution in [0.3, 0.4) is 0 Å². The van der Waals surface area contributed by atoms with E-state index in [0.29, 0.717) is 16.8 Å². The first-order chi connectivity index (χ1) is 12.5. The van der Waals surface area contributed by atoms with Gasteiger partial charge in [0.15, 0.2) is 6.10 Å². The second-order valence-electron chi connectivity index (χ2n) is 5.59. The van der Waals surface area contributed by atoms with Gasteiger partial charge in [-0.3, -0.25) is 4.98 Å². The number of aromatic nitrogens is 3. The van der Waals surface area contributed by atoms with Crippen molar-refractivity contribution >= 4 is 12.0 Å². The van der Waals surface area contributed by atoms with E-state index in [0.717, 1.165) is 0 Å². The molecule has 0 N–H and O–H groups in total. The molecule has 26 heavy (non-hydrogen) atoms. The van der Waals surface area contributed by atoms with Gasteiger partial charge in [-0.2, -0.15) is 4.98 Å². The van der Waals surface area contributed by atoms with Gasteiger partial charge in [0.25, 0.3) is 5.89 Å². The fourth-order valence-corrected chi connectivity index (χ4v) is 2.14. The second-order valence-corrected chi connectivity index (χ2v) is 5.59. The Morgan fingerprint density at radius 3 is 2.88 bits per heavy atom. The number of carbonyl (C=O) groups is 1. The molecule has 1 aromatic carbocycles. The number of nitrogens with zero attached hydrogens (tertiary/aromatic N) is 3. The summed E-state index contributed by atoms with van der Waals surface area (Å²) < 4.78 is 24.0. The van der Waals surface area contributed by atoms with E-state index >= 15 is 0 Å². The quantitative estimate of drug-likeness (QED) is 0.511. The number of ether oxygens (including phenoxy) is 1. The number of rotatable bonds is 5. The fourth-order valence-electron chi connectivity index (χ4n) is 2.14. The molecule has 0 radical (unpaired) electrons. The third-order valence-corrected chi connectivity index (χ3v) is 3.59. The van der Waals surface area contributed by atoms with Gasteiger partial charge in [0.2, 0.25) is 5.82 Å². The minimum atomic E-state index is -0.743. The highest BCUT2D eigenvalue weighted by molar-refractivity contribution is 5.86. The Bertz CT molecular complexity index is 938. The Morgan fingerprint density at radius 1 is 1.31 bits per heavy atom. The van der Waals surface area contributed by atoms with E-state index < -0.39 is 12.1 Å². The highest BCUT2D eigenvalue weighted by Gasteiger charge is 2.18. The smallest absolute Gasteiger partial charge is 0.331 e. The molecule has 3 aromatic rings. The lowest BCUT2D eigenvalue weighted by Gasteiger charge is -2.06. The summed E-state index contributed by atoms with van der Waals surface area (Å²) in [5, 5.41) is 3.81. The maximum absolute atomic E-state index is 13.7. The Kier molecular flexibility index (Phi) is 5.17. The summed E-state index contributed by atoms with van der Waals surface area (Å²) in [6.45, 7) is 3.28. The Balaban J connectivity index is 1.66. The van der Waals surface area contributed by atoms with Crippen molar-refractivity contribution in [3.63, 3.8) is 0 Å². The Hall–Kier alpha value is -3.35. The van der Waals surface area contributed by atoms with Gasteiger partial charge >= 0.3 is 5.97 Å². The number of aryl methyl sites for hydroxylation is 1. The van der Waals surface area contributed by atoms with Crippen molar-refractivity contribution in [1.29, 1.82) is 0 Å². The van der Waals surface area contributed by atoms with Crippen LogP contribution < -0.4 is 0 Å². The van der Waals surface area contributed by atoms with Crippen molar-refractivity contribution in [3.8, 4) is 11.4 Å². The highest BCUT2D eigenvalue weighted by atomic mass is 19.1. The number of benzene rings is 1. The molecule has 2 heterocycles. The zero-order valence-electron chi connectivity index (χ0n) is 14.2. The molecular weight excluding hydrogens is 337 g/mol. The van der Waals surface area contributed by atoms with E-state index in [9.17, 15) is 9.18 Å². The van der Waals surface area contributed by atoms with Crippen molar-refractivity contribution in [1.82, 2.24) is 15.1 Å². The molecule has 1 atom stereocenters. The molecule has 0 aliphatic rings. The van der Waals surface area contributed by atoms with E-state index in [-0.39, 0.29) is 17.5 Å². The number of hydrogen-bond donors (Lipinski definition) is 0. The topological polar surface area (TPSA) is 78.1 Å². The lowest BCUT2D eigenvalue weighted by molar-refractivity contribution is -0.143. The van der Waals surface area contributed by atoms with Crippen LogP contribution in [0.1, 0.15) is 30.2 Å². The average molecular weight is 353 g/mol. The standard InChI is InChI=1S/C19H16FN3O3/c1-12-6-7-14(11-16(12)20)18-22-19(26-23-18)13(2)25-17(24)9-8-15-5-3-4-10-21-15/h3-11,13H,1-2H3. The number of carbonyl (C=O) groups excluding carboxylic acids is 1. The molecule has 0 bridgehead atoms. The lowest BCUT2D eigenvalue weighted by atomic mass is 10.1. The van der Waals surface area contributed by atoms with Crippen LogP contribution in [-0.4, -0.2) is 21.1 Å². The van der Waals surface area contributed by atoms with Crippen molar-refractivity contribution in [2.75, 3.05) is 0 Å². The predicted octanol–water partition coefficient (Wildman–Crippen LogP) is 3.90. The van der Waals surface area contributed by atoms with Crippen LogP contribution in [0.2, 0.25) is 0 Å². The Labute approximate surface area is 149 Å². The van der Waals surface area contributed by atoms with E-state index in [4.69, 9.17) is 9.26 Å². The van der Waals surface area contributed by atoms with Gasteiger partial charge in [-0.1, -0.05) is 23.4 Å². The minimum Gasteiger partial charge on any atom is -0.449 e. The van der Waals surface area contributed by atoms with Crippen molar-refractivity contribution < 1.29 is 18.4 Å². The molecule has 0 amide bonds. The van der Waals surface area contributed by atoms with Crippen LogP contribution in [-0.2, 0) is 9.53 Å². The third kappa shape index (κ3) is 4.18. The van der Waals surface area contributed by atoms with Gasteiger partial charge in [-0.05, 0) is 43.7 Å². The Morgan fingerprint density at radius 2 is 2.15 bits per heavy atom. The molecule has 0 fully saturated rings. The first kappa shape index (κ1) is 17.5. The number of hydrogen-bond acceptors (Lipinski definition) is 6. The summed E-state index contributed by atoms with van der Waals surface area (Å²) in [6, 6.07) is 10.0. The summed E-state index contributed by atoms with van der Waals surface area (Å²) in [4.78, 5) is 20.1. The van der Waals surface area contributed by atoms with Crippen LogP contribution in [0.4, 0.5) is 4.39 Å². The van der Waals surface area contributed by atoms with Crippen LogP contribution in [0, 0.1) is 12.7 Å². The first-order valence-electron chi connectivity index (χ1n) is 7.93. The van der Waals surface area contributed by atoms with Gasteiger partial charge in [-0.25, -0.2) is 9.18 Å². The molecule has 0 saturated heterocycles. The van der Waals surface area contributed by atoms with E-state index in [1.54, 1.807) is 50.4 Å². The molecule has 3 rings (SSSR count). The fraction of sp³-hybridized carbons (Fsp3) is 0.158. The SMILES string of the molecule is Cc1ccc(-c2noc(C(C)OC(=O)C=Cc3ccccn3)n2)cc1F. The molecule has 0 aliphatic heterocycles. The molecule has 1 unspecified atom stereocenters. The highest BCUT2D eigenvalue weighted by Crippen LogP contribution is 2.22. The van der Waals surface area contributed by atoms with Crippen molar-refractivity contribution in [3.05, 3.63) is 71.6 Å². The summed E-state index contributed by atoms with van der Waals surface area (Å²) in [7, 11) is 0. The zero-order chi connectivity index (χ0) is 18.5. The normalized spacial score (nSPS) is 12.3.